The normalized spacial score (nSPS) is 16.3. The van der Waals surface area contributed by atoms with E-state index in [-0.39, 0.29) is 30.3 Å². The Morgan fingerprint density at radius 1 is 1.11 bits per heavy atom. The number of amides is 1. The first kappa shape index (κ1) is 18.6. The molecule has 0 bridgehead atoms. The van der Waals surface area contributed by atoms with E-state index in [9.17, 15) is 14.0 Å². The van der Waals surface area contributed by atoms with Crippen LogP contribution < -0.4 is 9.47 Å². The molecule has 2 aromatic rings. The number of nitrogens with zero attached hydrogens (tertiary/aromatic N) is 1. The zero-order valence-corrected chi connectivity index (χ0v) is 15.1. The Hall–Kier alpha value is -3.15. The Kier molecular flexibility index (Phi) is 5.54. The van der Waals surface area contributed by atoms with Gasteiger partial charge in [0.2, 0.25) is 5.91 Å². The number of carbonyl (C=O) groups is 2. The van der Waals surface area contributed by atoms with Gasteiger partial charge in [-0.05, 0) is 41.5 Å². The zero-order valence-electron chi connectivity index (χ0n) is 15.1. The van der Waals surface area contributed by atoms with Crippen LogP contribution in [0.3, 0.4) is 0 Å². The number of allylic oxidation sites excluding steroid dienone is 1. The molecule has 3 rings (SSSR count). The van der Waals surface area contributed by atoms with Gasteiger partial charge in [0, 0.05) is 12.6 Å². The molecule has 0 radical (unpaired) electrons. The Morgan fingerprint density at radius 2 is 1.81 bits per heavy atom. The highest BCUT2D eigenvalue weighted by atomic mass is 19.1. The van der Waals surface area contributed by atoms with Gasteiger partial charge in [-0.2, -0.15) is 0 Å². The van der Waals surface area contributed by atoms with E-state index in [1.54, 1.807) is 37.4 Å². The highest BCUT2D eigenvalue weighted by molar-refractivity contribution is 5.93. The zero-order chi connectivity index (χ0) is 19.4. The molecule has 1 aliphatic rings. The summed E-state index contributed by atoms with van der Waals surface area (Å²) < 4.78 is 23.7. The van der Waals surface area contributed by atoms with Crippen molar-refractivity contribution in [3.05, 3.63) is 71.7 Å². The fourth-order valence-corrected chi connectivity index (χ4v) is 3.10. The maximum atomic E-state index is 13.2. The minimum absolute atomic E-state index is 0.0699. The van der Waals surface area contributed by atoms with Gasteiger partial charge in [-0.15, -0.1) is 0 Å². The molecule has 1 amide bonds. The third-order valence-corrected chi connectivity index (χ3v) is 4.50. The molecule has 2 aromatic carbocycles. The SMILES string of the molecule is COc1ccc(CC(=O)N2C=CC(=O)CC2c2ccc(F)cc2)cc1OC. The molecule has 1 atom stereocenters. The maximum absolute atomic E-state index is 13.2. The highest BCUT2D eigenvalue weighted by Crippen LogP contribution is 2.31. The van der Waals surface area contributed by atoms with Gasteiger partial charge >= 0.3 is 0 Å². The van der Waals surface area contributed by atoms with Crippen LogP contribution in [0.25, 0.3) is 0 Å². The highest BCUT2D eigenvalue weighted by Gasteiger charge is 2.28. The van der Waals surface area contributed by atoms with Gasteiger partial charge in [0.05, 0.1) is 26.7 Å². The monoisotopic (exact) mass is 369 g/mol. The second-order valence-corrected chi connectivity index (χ2v) is 6.22. The predicted octanol–water partition coefficient (Wildman–Crippen LogP) is 3.44. The molecule has 1 aliphatic heterocycles. The topological polar surface area (TPSA) is 55.8 Å². The summed E-state index contributed by atoms with van der Waals surface area (Å²) >= 11 is 0. The molecule has 140 valence electrons. The third-order valence-electron chi connectivity index (χ3n) is 4.50. The largest absolute Gasteiger partial charge is 0.493 e. The molecule has 1 heterocycles. The van der Waals surface area contributed by atoms with Gasteiger partial charge < -0.3 is 14.4 Å². The Bertz CT molecular complexity index is 876. The lowest BCUT2D eigenvalue weighted by Gasteiger charge is -2.31. The maximum Gasteiger partial charge on any atom is 0.231 e. The van der Waals surface area contributed by atoms with Crippen LogP contribution in [0, 0.1) is 5.82 Å². The van der Waals surface area contributed by atoms with Crippen molar-refractivity contribution in [2.24, 2.45) is 0 Å². The third kappa shape index (κ3) is 4.16. The van der Waals surface area contributed by atoms with Crippen LogP contribution in [-0.4, -0.2) is 30.8 Å². The van der Waals surface area contributed by atoms with Crippen LogP contribution in [0.1, 0.15) is 23.6 Å². The second kappa shape index (κ2) is 8.03. The number of methoxy groups -OCH3 is 2. The molecule has 27 heavy (non-hydrogen) atoms. The van der Waals surface area contributed by atoms with Crippen LogP contribution in [0.15, 0.2) is 54.7 Å². The van der Waals surface area contributed by atoms with E-state index in [4.69, 9.17) is 9.47 Å². The average Bonchev–Trinajstić information content (AvgIpc) is 2.68. The Balaban J connectivity index is 1.84. The lowest BCUT2D eigenvalue weighted by Crippen LogP contribution is -2.35. The number of hydrogen-bond donors (Lipinski definition) is 0. The van der Waals surface area contributed by atoms with Crippen molar-refractivity contribution in [3.8, 4) is 11.5 Å². The summed E-state index contributed by atoms with van der Waals surface area (Å²) in [5.74, 6) is 0.531. The number of ether oxygens (including phenoxy) is 2. The van der Waals surface area contributed by atoms with Crippen molar-refractivity contribution < 1.29 is 23.5 Å². The van der Waals surface area contributed by atoms with Crippen LogP contribution in [0.4, 0.5) is 4.39 Å². The summed E-state index contributed by atoms with van der Waals surface area (Å²) in [5, 5.41) is 0. The van der Waals surface area contributed by atoms with E-state index in [0.29, 0.717) is 11.5 Å². The van der Waals surface area contributed by atoms with Gasteiger partial charge in [-0.3, -0.25) is 9.59 Å². The van der Waals surface area contributed by atoms with E-state index in [2.05, 4.69) is 0 Å². The van der Waals surface area contributed by atoms with Crippen LogP contribution in [-0.2, 0) is 16.0 Å². The van der Waals surface area contributed by atoms with Crippen molar-refractivity contribution in [1.29, 1.82) is 0 Å². The lowest BCUT2D eigenvalue weighted by molar-refractivity contribution is -0.131. The minimum atomic E-state index is -0.448. The molecular formula is C21H20FNO4. The van der Waals surface area contributed by atoms with E-state index in [1.807, 2.05) is 0 Å². The van der Waals surface area contributed by atoms with Crippen molar-refractivity contribution in [1.82, 2.24) is 4.90 Å². The molecule has 6 heteroatoms. The fraction of sp³-hybridized carbons (Fsp3) is 0.238. The number of ketones is 1. The van der Waals surface area contributed by atoms with Gasteiger partial charge in [-0.25, -0.2) is 4.39 Å². The molecule has 1 unspecified atom stereocenters. The van der Waals surface area contributed by atoms with Crippen molar-refractivity contribution in [3.63, 3.8) is 0 Å². The number of carbonyl (C=O) groups excluding carboxylic acids is 2. The summed E-state index contributed by atoms with van der Waals surface area (Å²) in [6, 6.07) is 10.7. The molecule has 0 aromatic heterocycles. The van der Waals surface area contributed by atoms with Crippen molar-refractivity contribution in [2.45, 2.75) is 18.9 Å². The van der Waals surface area contributed by atoms with Gasteiger partial charge in [-0.1, -0.05) is 18.2 Å². The van der Waals surface area contributed by atoms with Gasteiger partial charge in [0.25, 0.3) is 0 Å². The summed E-state index contributed by atoms with van der Waals surface area (Å²) in [6.07, 6.45) is 3.20. The van der Waals surface area contributed by atoms with Gasteiger partial charge in [0.15, 0.2) is 17.3 Å². The first-order chi connectivity index (χ1) is 13.0. The molecule has 0 saturated carbocycles. The van der Waals surface area contributed by atoms with E-state index < -0.39 is 6.04 Å². The molecule has 0 saturated heterocycles. The number of hydrogen-bond acceptors (Lipinski definition) is 4. The first-order valence-corrected chi connectivity index (χ1v) is 8.50. The summed E-state index contributed by atoms with van der Waals surface area (Å²) in [7, 11) is 3.08. The van der Waals surface area contributed by atoms with Crippen LogP contribution in [0.2, 0.25) is 0 Å². The lowest BCUT2D eigenvalue weighted by atomic mass is 9.96. The quantitative estimate of drug-likeness (QED) is 0.810. The minimum Gasteiger partial charge on any atom is -0.493 e. The summed E-state index contributed by atoms with van der Waals surface area (Å²) in [6.45, 7) is 0. The second-order valence-electron chi connectivity index (χ2n) is 6.22. The fourth-order valence-electron chi connectivity index (χ4n) is 3.10. The van der Waals surface area contributed by atoms with E-state index in [0.717, 1.165) is 11.1 Å². The molecule has 0 fully saturated rings. The van der Waals surface area contributed by atoms with E-state index in [1.165, 1.54) is 36.4 Å². The van der Waals surface area contributed by atoms with Gasteiger partial charge in [0.1, 0.15) is 5.82 Å². The Labute approximate surface area is 157 Å². The predicted molar refractivity (Wildman–Crippen MR) is 98.0 cm³/mol. The number of benzene rings is 2. The molecular weight excluding hydrogens is 349 g/mol. The standard InChI is InChI=1S/C21H20FNO4/c1-26-19-8-3-14(11-20(19)27-2)12-21(25)23-10-9-17(24)13-18(23)15-4-6-16(22)7-5-15/h3-11,18H,12-13H2,1-2H3. The first-order valence-electron chi connectivity index (χ1n) is 8.50. The smallest absolute Gasteiger partial charge is 0.231 e. The average molecular weight is 369 g/mol. The molecule has 0 aliphatic carbocycles. The Morgan fingerprint density at radius 3 is 2.48 bits per heavy atom. The molecule has 5 nitrogen and oxygen atoms in total. The molecule has 0 N–H and O–H groups in total. The van der Waals surface area contributed by atoms with Crippen molar-refractivity contribution >= 4 is 11.7 Å². The van der Waals surface area contributed by atoms with E-state index >= 15 is 0 Å². The number of halogens is 1. The summed E-state index contributed by atoms with van der Waals surface area (Å²) in [4.78, 5) is 26.3. The van der Waals surface area contributed by atoms with Crippen LogP contribution >= 0.6 is 0 Å². The molecule has 0 spiro atoms. The van der Waals surface area contributed by atoms with Crippen molar-refractivity contribution in [2.75, 3.05) is 14.2 Å². The summed E-state index contributed by atoms with van der Waals surface area (Å²) in [5.41, 5.74) is 1.48. The number of rotatable bonds is 5. The van der Waals surface area contributed by atoms with Crippen LogP contribution in [0.5, 0.6) is 11.5 Å².